The highest BCUT2D eigenvalue weighted by atomic mass is 32.2. The zero-order valence-corrected chi connectivity index (χ0v) is 13.3. The minimum atomic E-state index is -3.30. The summed E-state index contributed by atoms with van der Waals surface area (Å²) in [4.78, 5) is 2.14. The fourth-order valence-electron chi connectivity index (χ4n) is 2.52. The average Bonchev–Trinajstić information content (AvgIpc) is 2.40. The molecule has 1 saturated heterocycles. The van der Waals surface area contributed by atoms with Crippen molar-refractivity contribution in [3.05, 3.63) is 24.3 Å². The number of nitrogen functional groups attached to an aromatic ring is 1. The summed E-state index contributed by atoms with van der Waals surface area (Å²) in [6.07, 6.45) is 0. The van der Waals surface area contributed by atoms with Gasteiger partial charge >= 0.3 is 0 Å². The van der Waals surface area contributed by atoms with Crippen molar-refractivity contribution in [1.29, 1.82) is 0 Å². The van der Waals surface area contributed by atoms with E-state index in [9.17, 15) is 8.42 Å². The van der Waals surface area contributed by atoms with Gasteiger partial charge in [0.05, 0.1) is 11.4 Å². The van der Waals surface area contributed by atoms with E-state index < -0.39 is 10.0 Å². The molecule has 0 bridgehead atoms. The molecule has 0 amide bonds. The molecule has 1 aliphatic heterocycles. The molecule has 0 aliphatic carbocycles. The molecular formula is C14H23N3O3S. The molecule has 6 nitrogen and oxygen atoms in total. The quantitative estimate of drug-likeness (QED) is 0.806. The lowest BCUT2D eigenvalue weighted by Crippen LogP contribution is -2.53. The second-order valence-electron chi connectivity index (χ2n) is 5.42. The van der Waals surface area contributed by atoms with E-state index in [4.69, 9.17) is 10.5 Å². The largest absolute Gasteiger partial charge is 0.490 e. The number of nitrogens with zero attached hydrogens (tertiary/aromatic N) is 2. The van der Waals surface area contributed by atoms with Crippen molar-refractivity contribution in [2.45, 2.75) is 13.0 Å². The summed E-state index contributed by atoms with van der Waals surface area (Å²) in [5.74, 6) is 0.495. The number of hydrogen-bond donors (Lipinski definition) is 1. The number of para-hydroxylation sites is 2. The smallest absolute Gasteiger partial charge is 0.217 e. The summed E-state index contributed by atoms with van der Waals surface area (Å²) >= 11 is 0. The van der Waals surface area contributed by atoms with Crippen LogP contribution in [0.1, 0.15) is 6.92 Å². The Morgan fingerprint density at radius 3 is 2.71 bits per heavy atom. The van der Waals surface area contributed by atoms with Gasteiger partial charge in [-0.3, -0.25) is 0 Å². The van der Waals surface area contributed by atoms with Gasteiger partial charge in [-0.2, -0.15) is 4.31 Å². The van der Waals surface area contributed by atoms with Crippen LogP contribution in [0.5, 0.6) is 5.75 Å². The highest BCUT2D eigenvalue weighted by Crippen LogP contribution is 2.20. The standard InChI is InChI=1S/C14H23N3O3S/c1-12-11-16(2)7-8-17(12)21(18,19)10-9-20-14-6-4-3-5-13(14)15/h3-6,12H,7-11,15H2,1-2H3. The van der Waals surface area contributed by atoms with Gasteiger partial charge in [-0.05, 0) is 26.1 Å². The normalized spacial score (nSPS) is 21.3. The van der Waals surface area contributed by atoms with Crippen molar-refractivity contribution in [3.63, 3.8) is 0 Å². The third kappa shape index (κ3) is 4.09. The molecule has 2 rings (SSSR count). The zero-order valence-electron chi connectivity index (χ0n) is 12.5. The molecular weight excluding hydrogens is 290 g/mol. The molecule has 118 valence electrons. The van der Waals surface area contributed by atoms with Crippen molar-refractivity contribution >= 4 is 15.7 Å². The minimum absolute atomic E-state index is 0.00413. The van der Waals surface area contributed by atoms with E-state index in [0.717, 1.165) is 13.1 Å². The zero-order chi connectivity index (χ0) is 15.5. The van der Waals surface area contributed by atoms with Crippen molar-refractivity contribution in [1.82, 2.24) is 9.21 Å². The average molecular weight is 313 g/mol. The number of sulfonamides is 1. The second-order valence-corrected chi connectivity index (χ2v) is 7.47. The predicted molar refractivity (Wildman–Crippen MR) is 83.8 cm³/mol. The lowest BCUT2D eigenvalue weighted by atomic mass is 10.2. The van der Waals surface area contributed by atoms with E-state index in [1.165, 1.54) is 0 Å². The Hall–Kier alpha value is -1.31. The Kier molecular flexibility index (Phi) is 5.08. The molecule has 0 spiro atoms. The van der Waals surface area contributed by atoms with Gasteiger partial charge in [0.1, 0.15) is 12.4 Å². The number of nitrogens with two attached hydrogens (primary N) is 1. The van der Waals surface area contributed by atoms with Gasteiger partial charge < -0.3 is 15.4 Å². The van der Waals surface area contributed by atoms with Crippen molar-refractivity contribution < 1.29 is 13.2 Å². The highest BCUT2D eigenvalue weighted by Gasteiger charge is 2.31. The maximum atomic E-state index is 12.4. The van der Waals surface area contributed by atoms with Crippen molar-refractivity contribution in [2.75, 3.05) is 44.8 Å². The summed E-state index contributed by atoms with van der Waals surface area (Å²) in [5.41, 5.74) is 6.28. The third-order valence-corrected chi connectivity index (χ3v) is 5.58. The number of piperazine rings is 1. The second kappa shape index (κ2) is 6.64. The van der Waals surface area contributed by atoms with E-state index in [1.54, 1.807) is 16.4 Å². The van der Waals surface area contributed by atoms with Crippen LogP contribution in [0.3, 0.4) is 0 Å². The molecule has 1 fully saturated rings. The van der Waals surface area contributed by atoms with Crippen LogP contribution in [0.25, 0.3) is 0 Å². The van der Waals surface area contributed by atoms with Gasteiger partial charge in [0.2, 0.25) is 10.0 Å². The van der Waals surface area contributed by atoms with E-state index in [-0.39, 0.29) is 18.4 Å². The summed E-state index contributed by atoms with van der Waals surface area (Å²) < 4.78 is 31.8. The van der Waals surface area contributed by atoms with Crippen LogP contribution in [0.4, 0.5) is 5.69 Å². The number of likely N-dealkylation sites (N-methyl/N-ethyl adjacent to an activating group) is 1. The van der Waals surface area contributed by atoms with E-state index in [1.807, 2.05) is 26.1 Å². The molecule has 0 aromatic heterocycles. The van der Waals surface area contributed by atoms with Gasteiger partial charge in [-0.1, -0.05) is 12.1 Å². The van der Waals surface area contributed by atoms with E-state index >= 15 is 0 Å². The van der Waals surface area contributed by atoms with Crippen LogP contribution in [0.15, 0.2) is 24.3 Å². The van der Waals surface area contributed by atoms with Crippen LogP contribution in [-0.4, -0.2) is 62.7 Å². The molecule has 1 aromatic carbocycles. The third-order valence-electron chi connectivity index (χ3n) is 3.64. The number of ether oxygens (including phenoxy) is 1. The number of rotatable bonds is 5. The van der Waals surface area contributed by atoms with E-state index in [0.29, 0.717) is 18.0 Å². The Labute approximate surface area is 126 Å². The van der Waals surface area contributed by atoms with Crippen LogP contribution in [0.2, 0.25) is 0 Å². The first-order chi connectivity index (χ1) is 9.90. The Balaban J connectivity index is 1.91. The first kappa shape index (κ1) is 16.1. The van der Waals surface area contributed by atoms with Gasteiger partial charge in [0.15, 0.2) is 0 Å². The first-order valence-electron chi connectivity index (χ1n) is 7.05. The molecule has 1 aromatic rings. The lowest BCUT2D eigenvalue weighted by Gasteiger charge is -2.37. The molecule has 1 heterocycles. The molecule has 1 aliphatic rings. The Bertz CT molecular complexity index is 577. The molecule has 0 radical (unpaired) electrons. The van der Waals surface area contributed by atoms with Gasteiger partial charge in [-0.15, -0.1) is 0 Å². The fourth-order valence-corrected chi connectivity index (χ4v) is 4.03. The molecule has 1 unspecified atom stereocenters. The van der Waals surface area contributed by atoms with Gasteiger partial charge in [0.25, 0.3) is 0 Å². The molecule has 21 heavy (non-hydrogen) atoms. The molecule has 2 N–H and O–H groups in total. The summed E-state index contributed by atoms with van der Waals surface area (Å²) in [5, 5.41) is 0. The van der Waals surface area contributed by atoms with Gasteiger partial charge in [0, 0.05) is 25.7 Å². The Morgan fingerprint density at radius 1 is 1.33 bits per heavy atom. The van der Waals surface area contributed by atoms with E-state index in [2.05, 4.69) is 4.90 Å². The fraction of sp³-hybridized carbons (Fsp3) is 0.571. The molecule has 0 saturated carbocycles. The van der Waals surface area contributed by atoms with Crippen LogP contribution in [-0.2, 0) is 10.0 Å². The molecule has 7 heteroatoms. The summed E-state index contributed by atoms with van der Waals surface area (Å²) in [6.45, 7) is 4.09. The highest BCUT2D eigenvalue weighted by molar-refractivity contribution is 7.89. The predicted octanol–water partition coefficient (Wildman–Crippen LogP) is 0.613. The number of anilines is 1. The lowest BCUT2D eigenvalue weighted by molar-refractivity contribution is 0.169. The first-order valence-corrected chi connectivity index (χ1v) is 8.66. The van der Waals surface area contributed by atoms with Crippen LogP contribution >= 0.6 is 0 Å². The Morgan fingerprint density at radius 2 is 2.05 bits per heavy atom. The SMILES string of the molecule is CC1CN(C)CCN1S(=O)(=O)CCOc1ccccc1N. The molecule has 1 atom stereocenters. The monoisotopic (exact) mass is 313 g/mol. The topological polar surface area (TPSA) is 75.9 Å². The van der Waals surface area contributed by atoms with Crippen LogP contribution < -0.4 is 10.5 Å². The number of benzene rings is 1. The number of hydrogen-bond acceptors (Lipinski definition) is 5. The van der Waals surface area contributed by atoms with Crippen LogP contribution in [0, 0.1) is 0 Å². The van der Waals surface area contributed by atoms with Gasteiger partial charge in [-0.25, -0.2) is 8.42 Å². The van der Waals surface area contributed by atoms with Crippen molar-refractivity contribution in [3.8, 4) is 5.75 Å². The maximum Gasteiger partial charge on any atom is 0.217 e. The summed E-state index contributed by atoms with van der Waals surface area (Å²) in [6, 6.07) is 7.08. The minimum Gasteiger partial charge on any atom is -0.490 e. The maximum absolute atomic E-state index is 12.4. The van der Waals surface area contributed by atoms with Crippen molar-refractivity contribution in [2.24, 2.45) is 0 Å². The summed E-state index contributed by atoms with van der Waals surface area (Å²) in [7, 11) is -1.30.